The van der Waals surface area contributed by atoms with E-state index in [0.717, 1.165) is 37.9 Å². The van der Waals surface area contributed by atoms with Crippen LogP contribution in [0.5, 0.6) is 5.75 Å². The molecule has 220 valence electrons. The first kappa shape index (κ1) is 30.9. The van der Waals surface area contributed by atoms with E-state index in [-0.39, 0.29) is 35.6 Å². The molecular weight excluding hydrogens is 580 g/mol. The van der Waals surface area contributed by atoms with Crippen LogP contribution in [-0.4, -0.2) is 79.4 Å². The van der Waals surface area contributed by atoms with E-state index in [9.17, 15) is 22.8 Å². The van der Waals surface area contributed by atoms with E-state index in [0.29, 0.717) is 42.4 Å². The third kappa shape index (κ3) is 6.91. The van der Waals surface area contributed by atoms with Gasteiger partial charge in [0.25, 0.3) is 5.91 Å². The Bertz CT molecular complexity index is 1330. The normalized spacial score (nSPS) is 20.1. The van der Waals surface area contributed by atoms with Gasteiger partial charge in [0, 0.05) is 50.5 Å². The zero-order valence-corrected chi connectivity index (χ0v) is 24.3. The molecule has 0 saturated carbocycles. The SMILES string of the molecule is COc1ccc(C(=O)N(C)C2CN(C(=O)C3CCN(CCC#N)CC3)CC2c2ccc(Cl)c(Cl)c2)cc1C(F)(F)F. The molecule has 0 spiro atoms. The second-order valence-electron chi connectivity index (χ2n) is 10.4. The molecule has 2 aromatic carbocycles. The molecule has 41 heavy (non-hydrogen) atoms. The van der Waals surface area contributed by atoms with Crippen molar-refractivity contribution in [3.63, 3.8) is 0 Å². The quantitative estimate of drug-likeness (QED) is 0.401. The first-order valence-electron chi connectivity index (χ1n) is 13.3. The summed E-state index contributed by atoms with van der Waals surface area (Å²) in [5.74, 6) is -1.51. The molecule has 0 N–H and O–H groups in total. The number of amides is 2. The van der Waals surface area contributed by atoms with Crippen LogP contribution in [0.25, 0.3) is 0 Å². The highest BCUT2D eigenvalue weighted by Crippen LogP contribution is 2.39. The minimum absolute atomic E-state index is 0.0119. The van der Waals surface area contributed by atoms with Crippen LogP contribution in [0.1, 0.15) is 46.7 Å². The highest BCUT2D eigenvalue weighted by atomic mass is 35.5. The number of piperidine rings is 1. The lowest BCUT2D eigenvalue weighted by atomic mass is 9.93. The molecule has 2 fully saturated rings. The first-order chi connectivity index (χ1) is 19.4. The molecule has 2 atom stereocenters. The van der Waals surface area contributed by atoms with E-state index in [2.05, 4.69) is 11.0 Å². The fraction of sp³-hybridized carbons (Fsp3) is 0.483. The molecule has 0 radical (unpaired) electrons. The molecular formula is C29H31Cl2F3N4O3. The number of carbonyl (C=O) groups is 2. The van der Waals surface area contributed by atoms with Gasteiger partial charge in [-0.3, -0.25) is 9.59 Å². The van der Waals surface area contributed by atoms with Crippen molar-refractivity contribution in [3.05, 3.63) is 63.1 Å². The monoisotopic (exact) mass is 610 g/mol. The molecule has 2 aromatic rings. The zero-order valence-electron chi connectivity index (χ0n) is 22.8. The fourth-order valence-electron chi connectivity index (χ4n) is 5.72. The van der Waals surface area contributed by atoms with E-state index < -0.39 is 23.7 Å². The number of nitriles is 1. The summed E-state index contributed by atoms with van der Waals surface area (Å²) in [6.45, 7) is 2.68. The topological polar surface area (TPSA) is 76.9 Å². The van der Waals surface area contributed by atoms with Crippen molar-refractivity contribution in [2.24, 2.45) is 5.92 Å². The summed E-state index contributed by atoms with van der Waals surface area (Å²) in [5.41, 5.74) is -0.399. The Morgan fingerprint density at radius 2 is 1.80 bits per heavy atom. The van der Waals surface area contributed by atoms with Crippen LogP contribution in [-0.2, 0) is 11.0 Å². The minimum atomic E-state index is -4.70. The Morgan fingerprint density at radius 1 is 1.10 bits per heavy atom. The molecule has 0 aromatic heterocycles. The van der Waals surface area contributed by atoms with Crippen molar-refractivity contribution >= 4 is 35.0 Å². The van der Waals surface area contributed by atoms with Gasteiger partial charge in [-0.05, 0) is 61.8 Å². The van der Waals surface area contributed by atoms with Crippen LogP contribution in [0.2, 0.25) is 10.0 Å². The summed E-state index contributed by atoms with van der Waals surface area (Å²) in [7, 11) is 2.68. The van der Waals surface area contributed by atoms with E-state index in [1.54, 1.807) is 23.1 Å². The number of hydrogen-bond donors (Lipinski definition) is 0. The average molecular weight is 611 g/mol. The summed E-state index contributed by atoms with van der Waals surface area (Å²) < 4.78 is 45.8. The lowest BCUT2D eigenvalue weighted by molar-refractivity contribution is -0.139. The van der Waals surface area contributed by atoms with Crippen LogP contribution in [0.4, 0.5) is 13.2 Å². The second-order valence-corrected chi connectivity index (χ2v) is 11.3. The van der Waals surface area contributed by atoms with E-state index in [1.807, 2.05) is 0 Å². The first-order valence-corrected chi connectivity index (χ1v) is 14.1. The van der Waals surface area contributed by atoms with Gasteiger partial charge < -0.3 is 19.4 Å². The van der Waals surface area contributed by atoms with Gasteiger partial charge in [-0.15, -0.1) is 0 Å². The van der Waals surface area contributed by atoms with Gasteiger partial charge in [-0.25, -0.2) is 0 Å². The number of halogens is 5. The van der Waals surface area contributed by atoms with Crippen LogP contribution in [0, 0.1) is 17.2 Å². The largest absolute Gasteiger partial charge is 0.496 e. The highest BCUT2D eigenvalue weighted by Gasteiger charge is 2.43. The number of rotatable bonds is 7. The lowest BCUT2D eigenvalue weighted by Gasteiger charge is -2.33. The van der Waals surface area contributed by atoms with Gasteiger partial charge >= 0.3 is 6.18 Å². The zero-order chi connectivity index (χ0) is 29.9. The molecule has 2 aliphatic heterocycles. The minimum Gasteiger partial charge on any atom is -0.496 e. The van der Waals surface area contributed by atoms with Crippen molar-refractivity contribution in [3.8, 4) is 11.8 Å². The molecule has 2 aliphatic rings. The molecule has 2 amide bonds. The summed E-state index contributed by atoms with van der Waals surface area (Å²) >= 11 is 12.4. The summed E-state index contributed by atoms with van der Waals surface area (Å²) in [6, 6.07) is 10.0. The predicted molar refractivity (Wildman–Crippen MR) is 149 cm³/mol. The second kappa shape index (κ2) is 12.9. The highest BCUT2D eigenvalue weighted by molar-refractivity contribution is 6.42. The van der Waals surface area contributed by atoms with Crippen LogP contribution in [0.15, 0.2) is 36.4 Å². The standard InChI is InChI=1S/C29H31Cl2F3N4O3/c1-36(27(39)20-5-7-26(41-2)22(14-20)29(32,33)34)25-17-38(16-21(25)19-4-6-23(30)24(31)15-19)28(40)18-8-12-37(13-9-18)11-3-10-35/h4-7,14-15,18,21,25H,3,8-9,11-13,16-17H2,1-2H3. The number of alkyl halides is 3. The Hall–Kier alpha value is -3.00. The van der Waals surface area contributed by atoms with Crippen molar-refractivity contribution in [1.29, 1.82) is 5.26 Å². The number of methoxy groups -OCH3 is 1. The molecule has 2 unspecified atom stereocenters. The van der Waals surface area contributed by atoms with Crippen molar-refractivity contribution in [2.75, 3.05) is 46.9 Å². The van der Waals surface area contributed by atoms with Crippen molar-refractivity contribution in [2.45, 2.75) is 37.4 Å². The fourth-order valence-corrected chi connectivity index (χ4v) is 6.02. The third-order valence-electron chi connectivity index (χ3n) is 8.02. The Balaban J connectivity index is 1.58. The van der Waals surface area contributed by atoms with Crippen LogP contribution in [0.3, 0.4) is 0 Å². The Labute approximate surface area is 247 Å². The maximum Gasteiger partial charge on any atom is 0.419 e. The van der Waals surface area contributed by atoms with Crippen molar-refractivity contribution in [1.82, 2.24) is 14.7 Å². The number of carbonyl (C=O) groups excluding carboxylic acids is 2. The number of nitrogens with zero attached hydrogens (tertiary/aromatic N) is 4. The average Bonchev–Trinajstić information content (AvgIpc) is 3.41. The smallest absolute Gasteiger partial charge is 0.419 e. The number of hydrogen-bond acceptors (Lipinski definition) is 5. The van der Waals surface area contributed by atoms with Gasteiger partial charge in [0.05, 0.1) is 34.8 Å². The third-order valence-corrected chi connectivity index (χ3v) is 8.76. The Morgan fingerprint density at radius 3 is 2.41 bits per heavy atom. The number of likely N-dealkylation sites (N-methyl/N-ethyl adjacent to an activating group) is 1. The van der Waals surface area contributed by atoms with Crippen LogP contribution >= 0.6 is 23.2 Å². The molecule has 7 nitrogen and oxygen atoms in total. The van der Waals surface area contributed by atoms with Crippen molar-refractivity contribution < 1.29 is 27.5 Å². The van der Waals surface area contributed by atoms with Gasteiger partial charge in [-0.1, -0.05) is 29.3 Å². The summed E-state index contributed by atoms with van der Waals surface area (Å²) in [5, 5.41) is 9.54. The molecule has 0 bridgehead atoms. The molecule has 12 heteroatoms. The van der Waals surface area contributed by atoms with Gasteiger partial charge in [-0.2, -0.15) is 18.4 Å². The number of ether oxygens (including phenoxy) is 1. The number of benzene rings is 2. The van der Waals surface area contributed by atoms with Gasteiger partial charge in [0.15, 0.2) is 0 Å². The maximum atomic E-state index is 13.6. The van der Waals surface area contributed by atoms with E-state index >= 15 is 0 Å². The molecule has 2 heterocycles. The van der Waals surface area contributed by atoms with Gasteiger partial charge in [0.2, 0.25) is 5.91 Å². The predicted octanol–water partition coefficient (Wildman–Crippen LogP) is 5.71. The number of likely N-dealkylation sites (tertiary alicyclic amines) is 2. The van der Waals surface area contributed by atoms with E-state index in [1.165, 1.54) is 18.0 Å². The maximum absolute atomic E-state index is 13.6. The molecule has 4 rings (SSSR count). The van der Waals surface area contributed by atoms with Crippen LogP contribution < -0.4 is 4.74 Å². The summed E-state index contributed by atoms with van der Waals surface area (Å²) in [6.07, 6.45) is -2.92. The molecule has 0 aliphatic carbocycles. The van der Waals surface area contributed by atoms with Gasteiger partial charge in [0.1, 0.15) is 5.75 Å². The lowest BCUT2D eigenvalue weighted by Crippen LogP contribution is -2.44. The Kier molecular flexibility index (Phi) is 9.73. The molecule has 2 saturated heterocycles. The van der Waals surface area contributed by atoms with E-state index in [4.69, 9.17) is 33.2 Å². The summed E-state index contributed by atoms with van der Waals surface area (Å²) in [4.78, 5) is 32.5.